The Morgan fingerprint density at radius 1 is 1.20 bits per heavy atom. The smallest absolute Gasteiger partial charge is 0.413 e. The fraction of sp³-hybridized carbons (Fsp3) is 0.500. The summed E-state index contributed by atoms with van der Waals surface area (Å²) in [5.74, 6) is -2.85. The highest BCUT2D eigenvalue weighted by Gasteiger charge is 2.52. The number of carbonyl (C=O) groups is 2. The van der Waals surface area contributed by atoms with Crippen LogP contribution in [0.4, 0.5) is 19.4 Å². The lowest BCUT2D eigenvalue weighted by atomic mass is 10.2. The summed E-state index contributed by atoms with van der Waals surface area (Å²) in [6.07, 6.45) is -3.67. The van der Waals surface area contributed by atoms with Gasteiger partial charge in [0.05, 0.1) is 33.5 Å². The molecule has 4 rings (SSSR count). The van der Waals surface area contributed by atoms with Gasteiger partial charge < -0.3 is 32.6 Å². The standard InChI is InChI=1S/C28H36F2N5O10P/c1-6-41-23(36)13-31-46(34-16(2)3)43-15-20-12-28(29,30)25(45-20)35-8-7-22(32-26(35)37)33-27(38)42-14-19-10-17-9-18(39-4)11-21(40-5)24(17)44-19/h7-11,16,20,25,31,34H,6,12-15H2,1-5H3,(H,32,33,37,38)/t20-,25?,46?/m0/s1. The number of benzene rings is 1. The fourth-order valence-corrected chi connectivity index (χ4v) is 5.71. The minimum Gasteiger partial charge on any atom is -0.497 e. The molecule has 1 amide bonds. The summed E-state index contributed by atoms with van der Waals surface area (Å²) in [5.41, 5.74) is -0.645. The third-order valence-corrected chi connectivity index (χ3v) is 7.94. The Morgan fingerprint density at radius 3 is 2.65 bits per heavy atom. The molecule has 46 heavy (non-hydrogen) atoms. The maximum atomic E-state index is 15.0. The van der Waals surface area contributed by atoms with E-state index in [9.17, 15) is 23.2 Å². The molecule has 0 saturated carbocycles. The van der Waals surface area contributed by atoms with E-state index in [1.165, 1.54) is 14.2 Å². The van der Waals surface area contributed by atoms with Crippen LogP contribution in [0.2, 0.25) is 0 Å². The van der Waals surface area contributed by atoms with E-state index in [4.69, 9.17) is 32.6 Å². The molecule has 18 heteroatoms. The number of furan rings is 1. The number of carbonyl (C=O) groups excluding carboxylic acids is 2. The first kappa shape index (κ1) is 35.0. The summed E-state index contributed by atoms with van der Waals surface area (Å²) in [6.45, 7) is 4.97. The number of anilines is 1. The molecule has 1 saturated heterocycles. The molecule has 1 aromatic carbocycles. The molecule has 1 aliphatic rings. The number of aromatic nitrogens is 2. The first-order valence-electron chi connectivity index (χ1n) is 14.2. The van der Waals surface area contributed by atoms with Crippen LogP contribution in [0.5, 0.6) is 11.5 Å². The van der Waals surface area contributed by atoms with E-state index in [1.807, 2.05) is 13.8 Å². The van der Waals surface area contributed by atoms with Gasteiger partial charge in [-0.25, -0.2) is 23.5 Å². The number of hydrogen-bond donors (Lipinski definition) is 3. The zero-order chi connectivity index (χ0) is 33.4. The minimum atomic E-state index is -3.43. The zero-order valence-electron chi connectivity index (χ0n) is 25.8. The number of rotatable bonds is 15. The van der Waals surface area contributed by atoms with Crippen molar-refractivity contribution >= 4 is 37.3 Å². The largest absolute Gasteiger partial charge is 0.497 e. The normalized spacial score (nSPS) is 18.0. The Hall–Kier alpha value is -3.89. The predicted octanol–water partition coefficient (Wildman–Crippen LogP) is 4.07. The van der Waals surface area contributed by atoms with E-state index in [0.29, 0.717) is 32.8 Å². The molecule has 0 radical (unpaired) electrons. The Balaban J connectivity index is 1.33. The second-order valence-corrected chi connectivity index (χ2v) is 11.7. The van der Waals surface area contributed by atoms with E-state index in [1.54, 1.807) is 25.1 Å². The molecule has 2 aromatic heterocycles. The van der Waals surface area contributed by atoms with E-state index >= 15 is 0 Å². The Morgan fingerprint density at radius 2 is 1.98 bits per heavy atom. The predicted molar refractivity (Wildman–Crippen MR) is 161 cm³/mol. The second kappa shape index (κ2) is 15.6. The summed E-state index contributed by atoms with van der Waals surface area (Å²) >= 11 is 0. The number of fused-ring (bicyclic) bond motifs is 1. The van der Waals surface area contributed by atoms with Crippen LogP contribution in [0, 0.1) is 0 Å². The Labute approximate surface area is 263 Å². The van der Waals surface area contributed by atoms with E-state index in [-0.39, 0.29) is 38.2 Å². The van der Waals surface area contributed by atoms with E-state index < -0.39 is 50.9 Å². The van der Waals surface area contributed by atoms with Gasteiger partial charge in [0, 0.05) is 30.1 Å². The van der Waals surface area contributed by atoms with Gasteiger partial charge in [0.2, 0.25) is 6.23 Å². The fourth-order valence-electron chi connectivity index (χ4n) is 4.40. The molecule has 252 valence electrons. The van der Waals surface area contributed by atoms with E-state index in [0.717, 1.165) is 12.3 Å². The molecule has 0 aliphatic carbocycles. The molecule has 3 heterocycles. The molecule has 1 fully saturated rings. The highest BCUT2D eigenvalue weighted by molar-refractivity contribution is 7.48. The maximum absolute atomic E-state index is 15.0. The molecule has 0 bridgehead atoms. The number of esters is 1. The number of alkyl halides is 2. The number of nitrogens with one attached hydrogen (secondary N) is 3. The third kappa shape index (κ3) is 9.10. The number of methoxy groups -OCH3 is 2. The summed E-state index contributed by atoms with van der Waals surface area (Å²) in [6, 6.07) is 6.15. The molecule has 0 spiro atoms. The third-order valence-electron chi connectivity index (χ3n) is 6.34. The average Bonchev–Trinajstić information content (AvgIpc) is 3.56. The number of hydrogen-bond acceptors (Lipinski definition) is 13. The SMILES string of the molecule is CCOC(=O)CNP(NC(C)C)OC[C@@H]1CC(F)(F)C(n2ccc(NC(=O)OCc3cc4cc(OC)cc(OC)c4o3)nc2=O)O1. The molecule has 3 aromatic rings. The van der Waals surface area contributed by atoms with Crippen LogP contribution in [-0.2, 0) is 30.1 Å². The van der Waals surface area contributed by atoms with Gasteiger partial charge in [0.1, 0.15) is 23.9 Å². The Kier molecular flexibility index (Phi) is 11.9. The topological polar surface area (TPSA) is 174 Å². The van der Waals surface area contributed by atoms with Crippen molar-refractivity contribution in [3.05, 3.63) is 46.7 Å². The average molecular weight is 672 g/mol. The van der Waals surface area contributed by atoms with Crippen LogP contribution >= 0.6 is 8.45 Å². The number of nitrogens with zero attached hydrogens (tertiary/aromatic N) is 2. The van der Waals surface area contributed by atoms with Crippen molar-refractivity contribution in [1.82, 2.24) is 19.7 Å². The van der Waals surface area contributed by atoms with Gasteiger partial charge >= 0.3 is 17.8 Å². The van der Waals surface area contributed by atoms with Crippen molar-refractivity contribution in [2.24, 2.45) is 0 Å². The Bertz CT molecular complexity index is 1570. The van der Waals surface area contributed by atoms with Crippen LogP contribution in [0.1, 0.15) is 39.2 Å². The highest BCUT2D eigenvalue weighted by Crippen LogP contribution is 2.43. The van der Waals surface area contributed by atoms with Crippen molar-refractivity contribution in [2.45, 2.75) is 58.1 Å². The quantitative estimate of drug-likeness (QED) is 0.156. The second-order valence-electron chi connectivity index (χ2n) is 10.3. The number of halogens is 2. The lowest BCUT2D eigenvalue weighted by Crippen LogP contribution is -2.35. The lowest BCUT2D eigenvalue weighted by molar-refractivity contribution is -0.141. The molecule has 3 N–H and O–H groups in total. The van der Waals surface area contributed by atoms with Gasteiger partial charge in [-0.15, -0.1) is 0 Å². The van der Waals surface area contributed by atoms with Crippen molar-refractivity contribution in [2.75, 3.05) is 39.3 Å². The van der Waals surface area contributed by atoms with Crippen LogP contribution in [0.25, 0.3) is 11.0 Å². The maximum Gasteiger partial charge on any atom is 0.413 e. The van der Waals surface area contributed by atoms with Gasteiger partial charge in [-0.05, 0) is 39.0 Å². The van der Waals surface area contributed by atoms with Crippen molar-refractivity contribution in [3.8, 4) is 11.5 Å². The number of ether oxygens (including phenoxy) is 5. The van der Waals surface area contributed by atoms with Crippen LogP contribution in [0.3, 0.4) is 0 Å². The van der Waals surface area contributed by atoms with Gasteiger partial charge in [-0.1, -0.05) is 0 Å². The van der Waals surface area contributed by atoms with Crippen molar-refractivity contribution in [3.63, 3.8) is 0 Å². The zero-order valence-corrected chi connectivity index (χ0v) is 26.7. The van der Waals surface area contributed by atoms with Gasteiger partial charge in [0.25, 0.3) is 5.92 Å². The summed E-state index contributed by atoms with van der Waals surface area (Å²) in [5, 5.41) is 8.91. The van der Waals surface area contributed by atoms with Gasteiger partial charge in [0.15, 0.2) is 26.4 Å². The molecule has 3 atom stereocenters. The molecule has 15 nitrogen and oxygen atoms in total. The van der Waals surface area contributed by atoms with Gasteiger partial charge in [-0.3, -0.25) is 19.8 Å². The first-order valence-corrected chi connectivity index (χ1v) is 15.5. The van der Waals surface area contributed by atoms with Crippen LogP contribution < -0.4 is 30.7 Å². The molecule has 2 unspecified atom stereocenters. The summed E-state index contributed by atoms with van der Waals surface area (Å²) in [7, 11) is 1.41. The van der Waals surface area contributed by atoms with Crippen LogP contribution in [0.15, 0.2) is 39.7 Å². The van der Waals surface area contributed by atoms with Crippen LogP contribution in [-0.4, -0.2) is 73.7 Å². The highest BCUT2D eigenvalue weighted by atomic mass is 31.2. The first-order chi connectivity index (χ1) is 21.9. The molecular weight excluding hydrogens is 635 g/mol. The monoisotopic (exact) mass is 671 g/mol. The van der Waals surface area contributed by atoms with E-state index in [2.05, 4.69) is 20.5 Å². The van der Waals surface area contributed by atoms with Crippen molar-refractivity contribution < 1.29 is 51.0 Å². The molecular formula is C28H36F2N5O10P. The lowest BCUT2D eigenvalue weighted by Gasteiger charge is -2.23. The summed E-state index contributed by atoms with van der Waals surface area (Å²) < 4.78 is 68.1. The van der Waals surface area contributed by atoms with Gasteiger partial charge in [-0.2, -0.15) is 4.98 Å². The molecule has 1 aliphatic heterocycles. The number of amides is 1. The minimum absolute atomic E-state index is 0.0347. The van der Waals surface area contributed by atoms with Crippen molar-refractivity contribution in [1.29, 1.82) is 0 Å². The summed E-state index contributed by atoms with van der Waals surface area (Å²) in [4.78, 5) is 40.4.